The number of anilines is 3. The third-order valence-electron chi connectivity index (χ3n) is 15.3. The van der Waals surface area contributed by atoms with Crippen LogP contribution in [-0.4, -0.2) is 0 Å². The lowest BCUT2D eigenvalue weighted by atomic mass is 9.68. The van der Waals surface area contributed by atoms with Crippen LogP contribution in [-0.2, 0) is 16.2 Å². The fourth-order valence-corrected chi connectivity index (χ4v) is 12.5. The molecule has 0 aromatic heterocycles. The third kappa shape index (κ3) is 5.13. The lowest BCUT2D eigenvalue weighted by molar-refractivity contribution is 0.353. The van der Waals surface area contributed by atoms with E-state index in [0.29, 0.717) is 0 Å². The van der Waals surface area contributed by atoms with Crippen LogP contribution in [0.25, 0.3) is 55.6 Å². The predicted molar refractivity (Wildman–Crippen MR) is 256 cm³/mol. The highest BCUT2D eigenvalue weighted by molar-refractivity contribution is 5.99. The molecule has 4 aliphatic carbocycles. The Kier molecular flexibility index (Phi) is 7.93. The van der Waals surface area contributed by atoms with Crippen LogP contribution in [0.2, 0.25) is 0 Å². The smallest absolute Gasteiger partial charge is 0.0540 e. The second kappa shape index (κ2) is 13.3. The van der Waals surface area contributed by atoms with Crippen molar-refractivity contribution in [2.45, 2.75) is 76.0 Å². The number of hydrogen-bond acceptors (Lipinski definition) is 1. The number of hydrogen-bond donors (Lipinski definition) is 0. The van der Waals surface area contributed by atoms with E-state index in [0.717, 1.165) is 5.69 Å². The molecule has 12 rings (SSSR count). The van der Waals surface area contributed by atoms with Gasteiger partial charge in [0.2, 0.25) is 0 Å². The topological polar surface area (TPSA) is 3.24 Å². The van der Waals surface area contributed by atoms with Crippen molar-refractivity contribution in [1.82, 2.24) is 0 Å². The van der Waals surface area contributed by atoms with Crippen LogP contribution in [0.3, 0.4) is 0 Å². The monoisotopic (exact) mass is 785 g/mol. The Morgan fingerprint density at radius 1 is 0.361 bits per heavy atom. The second-order valence-electron chi connectivity index (χ2n) is 19.1. The van der Waals surface area contributed by atoms with E-state index in [2.05, 4.69) is 209 Å². The average Bonchev–Trinajstić information content (AvgIpc) is 3.81. The van der Waals surface area contributed by atoms with Crippen LogP contribution in [0.5, 0.6) is 0 Å². The predicted octanol–water partition coefficient (Wildman–Crippen LogP) is 16.3. The van der Waals surface area contributed by atoms with E-state index < -0.39 is 0 Å². The summed E-state index contributed by atoms with van der Waals surface area (Å²) in [7, 11) is 0. The summed E-state index contributed by atoms with van der Waals surface area (Å²) < 4.78 is 0. The number of para-hydroxylation sites is 1. The molecule has 0 amide bonds. The maximum absolute atomic E-state index is 2.57. The third-order valence-corrected chi connectivity index (χ3v) is 15.3. The number of fused-ring (bicyclic) bond motifs is 11. The number of benzene rings is 8. The van der Waals surface area contributed by atoms with Crippen molar-refractivity contribution in [3.63, 3.8) is 0 Å². The average molecular weight is 786 g/mol. The van der Waals surface area contributed by atoms with Crippen molar-refractivity contribution in [3.05, 3.63) is 209 Å². The SMILES string of the molecule is CC1(C)c2ccccc2-c2c(-c3ccccc3N(c3ccc(-c4cccc5c4C(C)(C)c4ccccc4-5)cc3)c3ccc4c(c3)C3(CCCCC3)c3ccccc3-4)cccc21. The summed E-state index contributed by atoms with van der Waals surface area (Å²) in [6, 6.07) is 67.1. The van der Waals surface area contributed by atoms with E-state index in [4.69, 9.17) is 0 Å². The molecule has 8 aromatic rings. The highest BCUT2D eigenvalue weighted by Crippen LogP contribution is 2.58. The van der Waals surface area contributed by atoms with Crippen molar-refractivity contribution in [1.29, 1.82) is 0 Å². The Morgan fingerprint density at radius 3 is 1.64 bits per heavy atom. The zero-order chi connectivity index (χ0) is 41.1. The first-order valence-electron chi connectivity index (χ1n) is 22.5. The van der Waals surface area contributed by atoms with Crippen molar-refractivity contribution >= 4 is 17.1 Å². The summed E-state index contributed by atoms with van der Waals surface area (Å²) in [5.74, 6) is 0. The van der Waals surface area contributed by atoms with Crippen molar-refractivity contribution < 1.29 is 0 Å². The molecular weight excluding hydrogens is 735 g/mol. The summed E-state index contributed by atoms with van der Waals surface area (Å²) in [5, 5.41) is 0. The minimum atomic E-state index is -0.0909. The van der Waals surface area contributed by atoms with Gasteiger partial charge in [-0.1, -0.05) is 193 Å². The standard InChI is InChI=1S/C60H51N/c1-58(2)51-26-11-8-21-49(51)56-47(23-17-28-53(56)58)46-20-9-13-29-55(46)61(41-34-35-45-43-18-7-12-27-52(43)60(54(45)38-41)36-14-5-15-37-60)40-32-30-39(31-33-40)42-22-16-24-48-44-19-6-10-25-50(44)59(3,4)57(42)48/h6-13,16-35,38H,5,14-15,36-37H2,1-4H3. The molecular formula is C60H51N. The van der Waals surface area contributed by atoms with Crippen molar-refractivity contribution in [2.24, 2.45) is 0 Å². The molecule has 0 unspecified atom stereocenters. The van der Waals surface area contributed by atoms with Gasteiger partial charge in [0.1, 0.15) is 0 Å². The molecule has 4 aliphatic rings. The van der Waals surface area contributed by atoms with Gasteiger partial charge in [-0.05, 0) is 127 Å². The van der Waals surface area contributed by atoms with E-state index in [1.54, 1.807) is 0 Å². The maximum atomic E-state index is 2.57. The first-order chi connectivity index (χ1) is 29.8. The minimum Gasteiger partial charge on any atom is -0.310 e. The molecule has 0 N–H and O–H groups in total. The van der Waals surface area contributed by atoms with E-state index in [1.165, 1.54) is 132 Å². The molecule has 0 aliphatic heterocycles. The summed E-state index contributed by atoms with van der Waals surface area (Å²) in [4.78, 5) is 2.56. The van der Waals surface area contributed by atoms with Gasteiger partial charge in [-0.3, -0.25) is 0 Å². The van der Waals surface area contributed by atoms with Gasteiger partial charge in [-0.2, -0.15) is 0 Å². The Hall–Kier alpha value is -6.44. The Labute approximate surface area is 361 Å². The zero-order valence-electron chi connectivity index (χ0n) is 35.7. The van der Waals surface area contributed by atoms with Gasteiger partial charge in [0, 0.05) is 33.2 Å². The Morgan fingerprint density at radius 2 is 0.885 bits per heavy atom. The summed E-state index contributed by atoms with van der Waals surface area (Å²) in [5.41, 5.74) is 25.4. The van der Waals surface area contributed by atoms with Gasteiger partial charge < -0.3 is 4.90 Å². The van der Waals surface area contributed by atoms with E-state index in [1.807, 2.05) is 0 Å². The first-order valence-corrected chi connectivity index (χ1v) is 22.5. The van der Waals surface area contributed by atoms with Crippen LogP contribution in [0.1, 0.15) is 93.2 Å². The van der Waals surface area contributed by atoms with Gasteiger partial charge >= 0.3 is 0 Å². The zero-order valence-corrected chi connectivity index (χ0v) is 35.7. The van der Waals surface area contributed by atoms with Gasteiger partial charge in [-0.25, -0.2) is 0 Å². The van der Waals surface area contributed by atoms with E-state index in [-0.39, 0.29) is 16.2 Å². The Bertz CT molecular complexity index is 3060. The normalized spacial score (nSPS) is 16.6. The summed E-state index contributed by atoms with van der Waals surface area (Å²) >= 11 is 0. The van der Waals surface area contributed by atoms with Crippen LogP contribution in [0.4, 0.5) is 17.1 Å². The van der Waals surface area contributed by atoms with Crippen LogP contribution in [0.15, 0.2) is 176 Å². The highest BCUT2D eigenvalue weighted by atomic mass is 15.1. The first kappa shape index (κ1) is 36.4. The molecule has 0 saturated heterocycles. The molecule has 1 fully saturated rings. The summed E-state index contributed by atoms with van der Waals surface area (Å²) in [6.45, 7) is 9.54. The molecule has 1 nitrogen and oxygen atoms in total. The molecule has 1 heteroatoms. The van der Waals surface area contributed by atoms with Gasteiger partial charge in [0.15, 0.2) is 0 Å². The van der Waals surface area contributed by atoms with Gasteiger partial charge in [0.25, 0.3) is 0 Å². The number of nitrogens with zero attached hydrogens (tertiary/aromatic N) is 1. The fourth-order valence-electron chi connectivity index (χ4n) is 12.5. The van der Waals surface area contributed by atoms with Crippen molar-refractivity contribution in [3.8, 4) is 55.6 Å². The lowest BCUT2D eigenvalue weighted by Crippen LogP contribution is -2.28. The van der Waals surface area contributed by atoms with Gasteiger partial charge in [0.05, 0.1) is 5.69 Å². The molecule has 0 bridgehead atoms. The molecule has 61 heavy (non-hydrogen) atoms. The fraction of sp³-hybridized carbons (Fsp3) is 0.200. The number of rotatable bonds is 5. The minimum absolute atomic E-state index is 0.0584. The maximum Gasteiger partial charge on any atom is 0.0540 e. The van der Waals surface area contributed by atoms with Gasteiger partial charge in [-0.15, -0.1) is 0 Å². The van der Waals surface area contributed by atoms with Crippen molar-refractivity contribution in [2.75, 3.05) is 4.90 Å². The highest BCUT2D eigenvalue weighted by Gasteiger charge is 2.44. The van der Waals surface area contributed by atoms with Crippen LogP contribution < -0.4 is 4.90 Å². The van der Waals surface area contributed by atoms with Crippen LogP contribution >= 0.6 is 0 Å². The lowest BCUT2D eigenvalue weighted by Gasteiger charge is -2.37. The molecule has 1 saturated carbocycles. The largest absolute Gasteiger partial charge is 0.310 e. The molecule has 0 radical (unpaired) electrons. The second-order valence-corrected chi connectivity index (χ2v) is 19.1. The summed E-state index contributed by atoms with van der Waals surface area (Å²) in [6.07, 6.45) is 6.28. The molecule has 1 spiro atoms. The molecule has 296 valence electrons. The quantitative estimate of drug-likeness (QED) is 0.168. The van der Waals surface area contributed by atoms with E-state index >= 15 is 0 Å². The van der Waals surface area contributed by atoms with Crippen LogP contribution in [0, 0.1) is 0 Å². The van der Waals surface area contributed by atoms with E-state index in [9.17, 15) is 0 Å². The molecule has 8 aromatic carbocycles. The Balaban J connectivity index is 1.06. The molecule has 0 heterocycles. The molecule has 0 atom stereocenters.